The molecule has 0 saturated heterocycles. The Morgan fingerprint density at radius 2 is 2.11 bits per heavy atom. The molecule has 18 heavy (non-hydrogen) atoms. The molecule has 1 aromatic carbocycles. The molecule has 0 amide bonds. The minimum Gasteiger partial charge on any atom is -0.330 e. The van der Waals surface area contributed by atoms with Gasteiger partial charge in [0.1, 0.15) is 5.82 Å². The van der Waals surface area contributed by atoms with Gasteiger partial charge in [-0.05, 0) is 25.3 Å². The number of nitrogens with two attached hydrogens (primary N) is 1. The lowest BCUT2D eigenvalue weighted by Crippen LogP contribution is -2.22. The number of rotatable bonds is 2. The van der Waals surface area contributed by atoms with Gasteiger partial charge in [0.2, 0.25) is 0 Å². The number of hydrogen-bond acceptors (Lipinski definition) is 2. The van der Waals surface area contributed by atoms with E-state index in [1.807, 2.05) is 6.20 Å². The van der Waals surface area contributed by atoms with Gasteiger partial charge in [-0.3, -0.25) is 0 Å². The topological polar surface area (TPSA) is 43.8 Å². The summed E-state index contributed by atoms with van der Waals surface area (Å²) in [4.78, 5) is 4.55. The summed E-state index contributed by atoms with van der Waals surface area (Å²) in [5.41, 5.74) is 9.92. The third kappa shape index (κ3) is 2.06. The van der Waals surface area contributed by atoms with Crippen LogP contribution in [0.4, 0.5) is 0 Å². The quantitative estimate of drug-likeness (QED) is 0.878. The number of imidazole rings is 1. The van der Waals surface area contributed by atoms with E-state index in [0.717, 1.165) is 31.6 Å². The maximum Gasteiger partial charge on any atom is 0.113 e. The van der Waals surface area contributed by atoms with Gasteiger partial charge in [0.25, 0.3) is 0 Å². The van der Waals surface area contributed by atoms with Crippen LogP contribution in [0.15, 0.2) is 30.5 Å². The Bertz CT molecular complexity index is 539. The Morgan fingerprint density at radius 3 is 2.89 bits per heavy atom. The summed E-state index contributed by atoms with van der Waals surface area (Å²) in [5, 5.41) is 0. The van der Waals surface area contributed by atoms with Gasteiger partial charge in [-0.15, -0.1) is 0 Å². The van der Waals surface area contributed by atoms with Crippen LogP contribution in [-0.4, -0.2) is 9.55 Å². The summed E-state index contributed by atoms with van der Waals surface area (Å²) in [6.07, 6.45) is 5.08. The molecule has 94 valence electrons. The van der Waals surface area contributed by atoms with Gasteiger partial charge in [0.05, 0.1) is 11.9 Å². The van der Waals surface area contributed by atoms with Crippen LogP contribution in [0.3, 0.4) is 0 Å². The number of nitrogens with zero attached hydrogens (tertiary/aromatic N) is 2. The first-order valence-electron chi connectivity index (χ1n) is 6.59. The van der Waals surface area contributed by atoms with E-state index in [0.29, 0.717) is 0 Å². The number of hydrogen-bond donors (Lipinski definition) is 1. The van der Waals surface area contributed by atoms with Crippen molar-refractivity contribution in [2.75, 3.05) is 0 Å². The molecule has 0 fully saturated rings. The summed E-state index contributed by atoms with van der Waals surface area (Å²) in [6, 6.07) is 8.83. The molecule has 3 heteroatoms. The van der Waals surface area contributed by atoms with Crippen molar-refractivity contribution in [2.45, 2.75) is 38.8 Å². The first kappa shape index (κ1) is 11.5. The molecule has 0 saturated carbocycles. The lowest BCUT2D eigenvalue weighted by Gasteiger charge is -2.22. The van der Waals surface area contributed by atoms with Crippen LogP contribution in [-0.2, 0) is 13.0 Å². The molecule has 0 bridgehead atoms. The van der Waals surface area contributed by atoms with Crippen LogP contribution >= 0.6 is 0 Å². The van der Waals surface area contributed by atoms with Crippen molar-refractivity contribution in [1.29, 1.82) is 0 Å². The first-order valence-corrected chi connectivity index (χ1v) is 6.59. The molecule has 1 atom stereocenters. The van der Waals surface area contributed by atoms with Crippen molar-refractivity contribution >= 4 is 0 Å². The summed E-state index contributed by atoms with van der Waals surface area (Å²) >= 11 is 0. The molecule has 1 aliphatic heterocycles. The van der Waals surface area contributed by atoms with Gasteiger partial charge in [-0.25, -0.2) is 4.98 Å². The molecule has 1 aliphatic rings. The van der Waals surface area contributed by atoms with Crippen molar-refractivity contribution in [2.24, 2.45) is 5.73 Å². The highest BCUT2D eigenvalue weighted by atomic mass is 15.1. The maximum absolute atomic E-state index is 6.11. The van der Waals surface area contributed by atoms with Crippen molar-refractivity contribution < 1.29 is 0 Å². The van der Waals surface area contributed by atoms with E-state index < -0.39 is 0 Å². The standard InChI is InChI=1S/C15H19N3/c1-11-4-6-12(7-5-11)9-15-17-10-14-13(16)3-2-8-18(14)15/h4-7,10,13H,2-3,8-9,16H2,1H3. The fourth-order valence-electron chi connectivity index (χ4n) is 2.63. The van der Waals surface area contributed by atoms with Crippen molar-refractivity contribution in [1.82, 2.24) is 9.55 Å². The van der Waals surface area contributed by atoms with Crippen molar-refractivity contribution in [3.8, 4) is 0 Å². The molecule has 2 heterocycles. The van der Waals surface area contributed by atoms with E-state index in [9.17, 15) is 0 Å². The fraction of sp³-hybridized carbons (Fsp3) is 0.400. The van der Waals surface area contributed by atoms with Crippen molar-refractivity contribution in [3.63, 3.8) is 0 Å². The van der Waals surface area contributed by atoms with E-state index in [-0.39, 0.29) is 6.04 Å². The molecule has 2 aromatic rings. The predicted octanol–water partition coefficient (Wildman–Crippen LogP) is 2.58. The second-order valence-electron chi connectivity index (χ2n) is 5.16. The Hall–Kier alpha value is -1.61. The molecule has 0 spiro atoms. The monoisotopic (exact) mass is 241 g/mol. The summed E-state index contributed by atoms with van der Waals surface area (Å²) in [5.74, 6) is 1.14. The molecule has 3 rings (SSSR count). The van der Waals surface area contributed by atoms with E-state index in [1.165, 1.54) is 16.8 Å². The predicted molar refractivity (Wildman–Crippen MR) is 72.4 cm³/mol. The van der Waals surface area contributed by atoms with Crippen LogP contribution in [0.25, 0.3) is 0 Å². The number of aryl methyl sites for hydroxylation is 1. The zero-order valence-corrected chi connectivity index (χ0v) is 10.8. The van der Waals surface area contributed by atoms with Crippen molar-refractivity contribution in [3.05, 3.63) is 53.1 Å². The minimum absolute atomic E-state index is 0.165. The molecule has 0 radical (unpaired) electrons. The van der Waals surface area contributed by atoms with Gasteiger partial charge in [-0.1, -0.05) is 29.8 Å². The molecule has 1 unspecified atom stereocenters. The van der Waals surface area contributed by atoms with Crippen LogP contribution in [0.1, 0.15) is 41.5 Å². The number of fused-ring (bicyclic) bond motifs is 1. The Morgan fingerprint density at radius 1 is 1.33 bits per heavy atom. The highest BCUT2D eigenvalue weighted by Crippen LogP contribution is 2.24. The summed E-state index contributed by atoms with van der Waals surface area (Å²) in [6.45, 7) is 3.17. The summed E-state index contributed by atoms with van der Waals surface area (Å²) < 4.78 is 2.30. The minimum atomic E-state index is 0.165. The van der Waals surface area contributed by atoms with Gasteiger partial charge < -0.3 is 10.3 Å². The second kappa shape index (κ2) is 4.58. The maximum atomic E-state index is 6.11. The zero-order chi connectivity index (χ0) is 12.5. The van der Waals surface area contributed by atoms with Gasteiger partial charge in [0, 0.05) is 19.0 Å². The summed E-state index contributed by atoms with van der Waals surface area (Å²) in [7, 11) is 0. The lowest BCUT2D eigenvalue weighted by molar-refractivity contribution is 0.454. The highest BCUT2D eigenvalue weighted by Gasteiger charge is 2.20. The molecule has 2 N–H and O–H groups in total. The lowest BCUT2D eigenvalue weighted by atomic mass is 10.1. The van der Waals surface area contributed by atoms with Crippen LogP contribution in [0.5, 0.6) is 0 Å². The molecule has 3 nitrogen and oxygen atoms in total. The number of aromatic nitrogens is 2. The molecular formula is C15H19N3. The largest absolute Gasteiger partial charge is 0.330 e. The van der Waals surface area contributed by atoms with Crippen LogP contribution in [0, 0.1) is 6.92 Å². The first-order chi connectivity index (χ1) is 8.74. The SMILES string of the molecule is Cc1ccc(Cc2ncc3n2CCCC3N)cc1. The van der Waals surface area contributed by atoms with Gasteiger partial charge in [-0.2, -0.15) is 0 Å². The van der Waals surface area contributed by atoms with E-state index in [1.54, 1.807) is 0 Å². The van der Waals surface area contributed by atoms with E-state index >= 15 is 0 Å². The molecule has 0 aliphatic carbocycles. The fourth-order valence-corrected chi connectivity index (χ4v) is 2.63. The average molecular weight is 241 g/mol. The Labute approximate surface area is 108 Å². The average Bonchev–Trinajstić information content (AvgIpc) is 2.77. The van der Waals surface area contributed by atoms with Crippen LogP contribution in [0.2, 0.25) is 0 Å². The van der Waals surface area contributed by atoms with E-state index in [4.69, 9.17) is 5.73 Å². The van der Waals surface area contributed by atoms with Gasteiger partial charge in [0.15, 0.2) is 0 Å². The Kier molecular flexibility index (Phi) is 2.92. The third-order valence-corrected chi connectivity index (χ3v) is 3.73. The smallest absolute Gasteiger partial charge is 0.113 e. The zero-order valence-electron chi connectivity index (χ0n) is 10.8. The third-order valence-electron chi connectivity index (χ3n) is 3.73. The molecule has 1 aromatic heterocycles. The van der Waals surface area contributed by atoms with E-state index in [2.05, 4.69) is 40.7 Å². The second-order valence-corrected chi connectivity index (χ2v) is 5.16. The Balaban J connectivity index is 1.87. The number of benzene rings is 1. The molecular weight excluding hydrogens is 222 g/mol. The highest BCUT2D eigenvalue weighted by molar-refractivity contribution is 5.25. The van der Waals surface area contributed by atoms with Crippen LogP contribution < -0.4 is 5.73 Å². The normalized spacial score (nSPS) is 18.7. The van der Waals surface area contributed by atoms with Gasteiger partial charge >= 0.3 is 0 Å².